The minimum absolute atomic E-state index is 0.363. The van der Waals surface area contributed by atoms with Crippen molar-refractivity contribution >= 4 is 0 Å². The molecule has 1 unspecified atom stereocenters. The minimum atomic E-state index is 0.363. The highest BCUT2D eigenvalue weighted by Gasteiger charge is 2.45. The van der Waals surface area contributed by atoms with Crippen LogP contribution in [0.15, 0.2) is 0 Å². The van der Waals surface area contributed by atoms with Crippen molar-refractivity contribution in [1.82, 2.24) is 10.2 Å². The number of nitrogens with one attached hydrogen (secondary N) is 1. The number of hydrogen-bond donors (Lipinski definition) is 1. The van der Waals surface area contributed by atoms with Crippen molar-refractivity contribution in [3.05, 3.63) is 0 Å². The van der Waals surface area contributed by atoms with Gasteiger partial charge in [-0.05, 0) is 51.7 Å². The summed E-state index contributed by atoms with van der Waals surface area (Å²) < 4.78 is 0. The third-order valence-electron chi connectivity index (χ3n) is 5.07. The van der Waals surface area contributed by atoms with Crippen molar-refractivity contribution in [3.63, 3.8) is 0 Å². The summed E-state index contributed by atoms with van der Waals surface area (Å²) in [7, 11) is 0. The number of hydrogen-bond acceptors (Lipinski definition) is 2. The fourth-order valence-corrected chi connectivity index (χ4v) is 4.10. The van der Waals surface area contributed by atoms with E-state index < -0.39 is 0 Å². The molecule has 0 aromatic rings. The monoisotopic (exact) mass is 262 g/mol. The fraction of sp³-hybridized carbons (Fsp3) is 0.882. The van der Waals surface area contributed by atoms with Crippen molar-refractivity contribution in [3.8, 4) is 12.3 Å². The van der Waals surface area contributed by atoms with Crippen molar-refractivity contribution in [2.45, 2.75) is 76.3 Å². The molecule has 2 fully saturated rings. The van der Waals surface area contributed by atoms with E-state index in [0.717, 1.165) is 13.0 Å². The zero-order chi connectivity index (χ0) is 13.6. The van der Waals surface area contributed by atoms with E-state index in [4.69, 9.17) is 6.42 Å². The van der Waals surface area contributed by atoms with Crippen LogP contribution < -0.4 is 5.32 Å². The number of terminal acetylenes is 1. The Kier molecular flexibility index (Phi) is 5.73. The summed E-state index contributed by atoms with van der Waals surface area (Å²) >= 11 is 0. The Bertz CT molecular complexity index is 293. The maximum Gasteiger partial charge on any atom is 0.0371 e. The van der Waals surface area contributed by atoms with Crippen LogP contribution in [0.3, 0.4) is 0 Å². The van der Waals surface area contributed by atoms with Gasteiger partial charge in [0.1, 0.15) is 0 Å². The summed E-state index contributed by atoms with van der Waals surface area (Å²) in [5.74, 6) is 2.93. The van der Waals surface area contributed by atoms with Crippen LogP contribution in [0.5, 0.6) is 0 Å². The molecule has 0 aromatic heterocycles. The molecule has 1 saturated heterocycles. The molecule has 2 heteroatoms. The molecule has 0 amide bonds. The zero-order valence-corrected chi connectivity index (χ0v) is 12.6. The summed E-state index contributed by atoms with van der Waals surface area (Å²) in [6.45, 7) is 5.91. The highest BCUT2D eigenvalue weighted by Crippen LogP contribution is 2.40. The van der Waals surface area contributed by atoms with Crippen LogP contribution in [-0.2, 0) is 0 Å². The molecule has 108 valence electrons. The lowest BCUT2D eigenvalue weighted by atomic mass is 9.82. The van der Waals surface area contributed by atoms with Crippen molar-refractivity contribution in [2.75, 3.05) is 19.6 Å². The summed E-state index contributed by atoms with van der Waals surface area (Å²) in [5, 5.41) is 3.77. The van der Waals surface area contributed by atoms with Gasteiger partial charge in [0.25, 0.3) is 0 Å². The molecule has 1 heterocycles. The first kappa shape index (κ1) is 14.9. The van der Waals surface area contributed by atoms with Gasteiger partial charge in [-0.25, -0.2) is 0 Å². The molecule has 0 aromatic carbocycles. The summed E-state index contributed by atoms with van der Waals surface area (Å²) in [6, 6.07) is 0.498. The quantitative estimate of drug-likeness (QED) is 0.740. The number of nitrogens with zero attached hydrogens (tertiary/aromatic N) is 1. The Balaban J connectivity index is 2.12. The highest BCUT2D eigenvalue weighted by atomic mass is 15.2. The van der Waals surface area contributed by atoms with Crippen molar-refractivity contribution < 1.29 is 0 Å². The van der Waals surface area contributed by atoms with Crippen LogP contribution >= 0.6 is 0 Å². The van der Waals surface area contributed by atoms with Crippen LogP contribution in [0.25, 0.3) is 0 Å². The molecule has 2 aliphatic rings. The van der Waals surface area contributed by atoms with E-state index in [1.807, 2.05) is 0 Å². The SMILES string of the molecule is C#CCC(NCCC)C1(N2CCCCC2)CCCC1. The summed E-state index contributed by atoms with van der Waals surface area (Å²) in [6.07, 6.45) is 17.3. The van der Waals surface area contributed by atoms with E-state index in [2.05, 4.69) is 23.1 Å². The molecule has 1 aliphatic carbocycles. The number of piperidine rings is 1. The van der Waals surface area contributed by atoms with Crippen LogP contribution in [0.1, 0.15) is 64.7 Å². The van der Waals surface area contributed by atoms with E-state index in [9.17, 15) is 0 Å². The van der Waals surface area contributed by atoms with Gasteiger partial charge in [-0.15, -0.1) is 12.3 Å². The molecular weight excluding hydrogens is 232 g/mol. The third-order valence-corrected chi connectivity index (χ3v) is 5.07. The zero-order valence-electron chi connectivity index (χ0n) is 12.6. The lowest BCUT2D eigenvalue weighted by molar-refractivity contribution is 0.0381. The molecule has 1 atom stereocenters. The second-order valence-electron chi connectivity index (χ2n) is 6.27. The second kappa shape index (κ2) is 7.31. The van der Waals surface area contributed by atoms with Gasteiger partial charge in [-0.2, -0.15) is 0 Å². The molecule has 0 spiro atoms. The van der Waals surface area contributed by atoms with Gasteiger partial charge in [-0.1, -0.05) is 26.2 Å². The Morgan fingerprint density at radius 1 is 1.16 bits per heavy atom. The largest absolute Gasteiger partial charge is 0.311 e. The van der Waals surface area contributed by atoms with Crippen LogP contribution in [-0.4, -0.2) is 36.1 Å². The van der Waals surface area contributed by atoms with Gasteiger partial charge in [0.05, 0.1) is 0 Å². The average Bonchev–Trinajstić information content (AvgIpc) is 2.95. The van der Waals surface area contributed by atoms with E-state index in [1.165, 1.54) is 64.5 Å². The average molecular weight is 262 g/mol. The van der Waals surface area contributed by atoms with E-state index >= 15 is 0 Å². The number of rotatable bonds is 6. The second-order valence-corrected chi connectivity index (χ2v) is 6.27. The first-order valence-corrected chi connectivity index (χ1v) is 8.25. The van der Waals surface area contributed by atoms with E-state index in [-0.39, 0.29) is 0 Å². The van der Waals surface area contributed by atoms with Gasteiger partial charge in [0.15, 0.2) is 0 Å². The van der Waals surface area contributed by atoms with Gasteiger partial charge in [-0.3, -0.25) is 4.90 Å². The Labute approximate surface area is 119 Å². The highest BCUT2D eigenvalue weighted by molar-refractivity contribution is 5.08. The molecule has 0 bridgehead atoms. The van der Waals surface area contributed by atoms with Gasteiger partial charge in [0.2, 0.25) is 0 Å². The van der Waals surface area contributed by atoms with Crippen molar-refractivity contribution in [2.24, 2.45) is 0 Å². The third kappa shape index (κ3) is 3.33. The Morgan fingerprint density at radius 2 is 1.84 bits per heavy atom. The van der Waals surface area contributed by atoms with Crippen LogP contribution in [0.2, 0.25) is 0 Å². The molecule has 19 heavy (non-hydrogen) atoms. The molecule has 2 rings (SSSR count). The molecule has 0 radical (unpaired) electrons. The van der Waals surface area contributed by atoms with Crippen LogP contribution in [0, 0.1) is 12.3 Å². The molecule has 1 aliphatic heterocycles. The Hall–Kier alpha value is -0.520. The molecule has 1 saturated carbocycles. The van der Waals surface area contributed by atoms with Gasteiger partial charge < -0.3 is 5.32 Å². The number of likely N-dealkylation sites (tertiary alicyclic amines) is 1. The normalized spacial score (nSPS) is 25.1. The fourth-order valence-electron chi connectivity index (χ4n) is 4.10. The predicted octanol–water partition coefficient (Wildman–Crippen LogP) is 3.18. The maximum atomic E-state index is 5.65. The summed E-state index contributed by atoms with van der Waals surface area (Å²) in [5.41, 5.74) is 0.363. The standard InChI is InChI=1S/C17H30N2/c1-3-10-16(18-13-4-2)17(11-6-7-12-17)19-14-8-5-9-15-19/h1,16,18H,4-15H2,2H3. The smallest absolute Gasteiger partial charge is 0.0371 e. The van der Waals surface area contributed by atoms with Crippen LogP contribution in [0.4, 0.5) is 0 Å². The lowest BCUT2D eigenvalue weighted by Crippen LogP contribution is -2.61. The predicted molar refractivity (Wildman–Crippen MR) is 82.2 cm³/mol. The van der Waals surface area contributed by atoms with Gasteiger partial charge in [0, 0.05) is 18.0 Å². The molecule has 2 nitrogen and oxygen atoms in total. The summed E-state index contributed by atoms with van der Waals surface area (Å²) in [4.78, 5) is 2.79. The minimum Gasteiger partial charge on any atom is -0.311 e. The first-order valence-electron chi connectivity index (χ1n) is 8.25. The topological polar surface area (TPSA) is 15.3 Å². The lowest BCUT2D eigenvalue weighted by Gasteiger charge is -2.48. The molecule has 1 N–H and O–H groups in total. The first-order chi connectivity index (χ1) is 9.33. The molecular formula is C17H30N2. The van der Waals surface area contributed by atoms with E-state index in [0.29, 0.717) is 11.6 Å². The Morgan fingerprint density at radius 3 is 2.42 bits per heavy atom. The van der Waals surface area contributed by atoms with E-state index in [1.54, 1.807) is 0 Å². The van der Waals surface area contributed by atoms with Crippen molar-refractivity contribution in [1.29, 1.82) is 0 Å². The van der Waals surface area contributed by atoms with Gasteiger partial charge >= 0.3 is 0 Å². The maximum absolute atomic E-state index is 5.65.